The maximum absolute atomic E-state index is 11.6. The van der Waals surface area contributed by atoms with Crippen molar-refractivity contribution in [2.24, 2.45) is 0 Å². The minimum atomic E-state index is -0.916. The number of anilines is 1. The van der Waals surface area contributed by atoms with Crippen molar-refractivity contribution in [3.05, 3.63) is 22.3 Å². The summed E-state index contributed by atoms with van der Waals surface area (Å²) in [7, 11) is 0. The normalized spacial score (nSPS) is 11.8. The van der Waals surface area contributed by atoms with E-state index in [1.54, 1.807) is 0 Å². The molecule has 7 heteroatoms. The van der Waals surface area contributed by atoms with Crippen molar-refractivity contribution in [2.75, 3.05) is 5.32 Å². The number of nitrogens with zero attached hydrogens (tertiary/aromatic N) is 1. The number of esters is 1. The highest BCUT2D eigenvalue weighted by molar-refractivity contribution is 6.36. The summed E-state index contributed by atoms with van der Waals surface area (Å²) in [5, 5.41) is 3.00. The molecular formula is C10H10Cl2N2O3. The largest absolute Gasteiger partial charge is 0.453 e. The summed E-state index contributed by atoms with van der Waals surface area (Å²) in [4.78, 5) is 26.1. The van der Waals surface area contributed by atoms with E-state index in [2.05, 4.69) is 10.3 Å². The van der Waals surface area contributed by atoms with Crippen LogP contribution in [-0.2, 0) is 14.3 Å². The number of nitrogens with one attached hydrogen (secondary N) is 1. The number of pyridine rings is 1. The van der Waals surface area contributed by atoms with Gasteiger partial charge in [-0.1, -0.05) is 23.2 Å². The van der Waals surface area contributed by atoms with Gasteiger partial charge in [-0.15, -0.1) is 0 Å². The molecule has 1 atom stereocenters. The molecule has 17 heavy (non-hydrogen) atoms. The predicted octanol–water partition coefficient (Wildman–Crippen LogP) is 2.28. The number of rotatable bonds is 3. The molecule has 0 aliphatic rings. The number of hydrogen-bond donors (Lipinski definition) is 1. The third kappa shape index (κ3) is 4.20. The lowest BCUT2D eigenvalue weighted by molar-refractivity contribution is -0.150. The smallest absolute Gasteiger partial charge is 0.303 e. The zero-order valence-corrected chi connectivity index (χ0v) is 10.7. The first-order chi connectivity index (χ1) is 7.90. The molecule has 1 aromatic heterocycles. The second kappa shape index (κ2) is 5.84. The number of amides is 1. The Morgan fingerprint density at radius 1 is 1.47 bits per heavy atom. The Morgan fingerprint density at radius 2 is 2.12 bits per heavy atom. The van der Waals surface area contributed by atoms with Crippen molar-refractivity contribution >= 4 is 40.9 Å². The number of aromatic nitrogens is 1. The summed E-state index contributed by atoms with van der Waals surface area (Å²) in [5.41, 5.74) is 0. The average Bonchev–Trinajstić information content (AvgIpc) is 2.21. The minimum absolute atomic E-state index is 0.167. The maximum Gasteiger partial charge on any atom is 0.303 e. The third-order valence-corrected chi connectivity index (χ3v) is 2.26. The van der Waals surface area contributed by atoms with Gasteiger partial charge in [-0.2, -0.15) is 0 Å². The predicted molar refractivity (Wildman–Crippen MR) is 64.1 cm³/mol. The Hall–Kier alpha value is -1.33. The quantitative estimate of drug-likeness (QED) is 0.860. The summed E-state index contributed by atoms with van der Waals surface area (Å²) in [6.07, 6.45) is 0.431. The Balaban J connectivity index is 2.71. The van der Waals surface area contributed by atoms with Crippen LogP contribution in [0.2, 0.25) is 10.0 Å². The van der Waals surface area contributed by atoms with Gasteiger partial charge in [0.25, 0.3) is 5.91 Å². The first-order valence-corrected chi connectivity index (χ1v) is 5.45. The van der Waals surface area contributed by atoms with Crippen LogP contribution in [0.3, 0.4) is 0 Å². The van der Waals surface area contributed by atoms with Gasteiger partial charge in [-0.3, -0.25) is 9.59 Å². The molecular weight excluding hydrogens is 267 g/mol. The third-order valence-electron chi connectivity index (χ3n) is 1.76. The standard InChI is InChI=1S/C10H10Cl2N2O3/c1-5(17-6(2)15)10(16)14-9-8(12)3-7(11)4-13-9/h3-5H,1-2H3,(H,13,14,16)/t5-/m0/s1. The zero-order chi connectivity index (χ0) is 13.0. The van der Waals surface area contributed by atoms with Gasteiger partial charge >= 0.3 is 5.97 Å². The zero-order valence-electron chi connectivity index (χ0n) is 9.16. The van der Waals surface area contributed by atoms with Crippen LogP contribution in [-0.4, -0.2) is 23.0 Å². The van der Waals surface area contributed by atoms with Gasteiger partial charge < -0.3 is 10.1 Å². The van der Waals surface area contributed by atoms with E-state index in [1.807, 2.05) is 0 Å². The van der Waals surface area contributed by atoms with Gasteiger partial charge in [0, 0.05) is 13.1 Å². The molecule has 1 N–H and O–H groups in total. The van der Waals surface area contributed by atoms with Crippen molar-refractivity contribution in [3.63, 3.8) is 0 Å². The molecule has 0 bridgehead atoms. The van der Waals surface area contributed by atoms with E-state index >= 15 is 0 Å². The van der Waals surface area contributed by atoms with Gasteiger partial charge in [0.05, 0.1) is 10.0 Å². The number of halogens is 2. The molecule has 92 valence electrons. The van der Waals surface area contributed by atoms with E-state index in [4.69, 9.17) is 27.9 Å². The highest BCUT2D eigenvalue weighted by atomic mass is 35.5. The van der Waals surface area contributed by atoms with E-state index in [9.17, 15) is 9.59 Å². The highest BCUT2D eigenvalue weighted by Gasteiger charge is 2.17. The summed E-state index contributed by atoms with van der Waals surface area (Å²) >= 11 is 11.5. The lowest BCUT2D eigenvalue weighted by atomic mass is 10.3. The molecule has 0 unspecified atom stereocenters. The second-order valence-corrected chi connectivity index (χ2v) is 4.07. The molecule has 0 aliphatic carbocycles. The number of ether oxygens (including phenoxy) is 1. The fraction of sp³-hybridized carbons (Fsp3) is 0.300. The van der Waals surface area contributed by atoms with Crippen LogP contribution >= 0.6 is 23.2 Å². The fourth-order valence-electron chi connectivity index (χ4n) is 1.03. The van der Waals surface area contributed by atoms with E-state index in [0.29, 0.717) is 5.02 Å². The highest BCUT2D eigenvalue weighted by Crippen LogP contribution is 2.22. The van der Waals surface area contributed by atoms with Crippen LogP contribution in [0.5, 0.6) is 0 Å². The van der Waals surface area contributed by atoms with Crippen molar-refractivity contribution in [1.82, 2.24) is 4.98 Å². The molecule has 0 radical (unpaired) electrons. The molecule has 1 heterocycles. The van der Waals surface area contributed by atoms with Crippen LogP contribution < -0.4 is 5.32 Å². The van der Waals surface area contributed by atoms with E-state index in [1.165, 1.54) is 26.1 Å². The minimum Gasteiger partial charge on any atom is -0.453 e. The Labute approximate surface area is 108 Å². The molecule has 1 aromatic rings. The molecule has 0 spiro atoms. The Bertz CT molecular complexity index is 451. The van der Waals surface area contributed by atoms with Gasteiger partial charge in [0.1, 0.15) is 0 Å². The average molecular weight is 277 g/mol. The SMILES string of the molecule is CC(=O)O[C@@H](C)C(=O)Nc1ncc(Cl)cc1Cl. The molecule has 0 saturated carbocycles. The summed E-state index contributed by atoms with van der Waals surface area (Å²) in [5.74, 6) is -0.889. The van der Waals surface area contributed by atoms with E-state index in [0.717, 1.165) is 0 Å². The topological polar surface area (TPSA) is 68.3 Å². The molecule has 0 aromatic carbocycles. The van der Waals surface area contributed by atoms with Crippen LogP contribution in [0.25, 0.3) is 0 Å². The van der Waals surface area contributed by atoms with Gasteiger partial charge in [0.2, 0.25) is 0 Å². The molecule has 0 saturated heterocycles. The monoisotopic (exact) mass is 276 g/mol. The number of carbonyl (C=O) groups excluding carboxylic acids is 2. The van der Waals surface area contributed by atoms with Crippen molar-refractivity contribution in [1.29, 1.82) is 0 Å². The lowest BCUT2D eigenvalue weighted by Crippen LogP contribution is -2.29. The summed E-state index contributed by atoms with van der Waals surface area (Å²) < 4.78 is 4.70. The van der Waals surface area contributed by atoms with Crippen molar-refractivity contribution < 1.29 is 14.3 Å². The first-order valence-electron chi connectivity index (χ1n) is 4.69. The van der Waals surface area contributed by atoms with Gasteiger partial charge in [-0.25, -0.2) is 4.98 Å². The lowest BCUT2D eigenvalue weighted by Gasteiger charge is -2.12. The van der Waals surface area contributed by atoms with Crippen molar-refractivity contribution in [2.45, 2.75) is 20.0 Å². The maximum atomic E-state index is 11.6. The van der Waals surface area contributed by atoms with E-state index < -0.39 is 18.0 Å². The van der Waals surface area contributed by atoms with Crippen molar-refractivity contribution in [3.8, 4) is 0 Å². The van der Waals surface area contributed by atoms with Crippen LogP contribution in [0, 0.1) is 0 Å². The molecule has 0 aliphatic heterocycles. The van der Waals surface area contributed by atoms with Gasteiger partial charge in [0.15, 0.2) is 11.9 Å². The molecule has 1 amide bonds. The number of hydrogen-bond acceptors (Lipinski definition) is 4. The molecule has 0 fully saturated rings. The van der Waals surface area contributed by atoms with Crippen LogP contribution in [0.4, 0.5) is 5.82 Å². The second-order valence-electron chi connectivity index (χ2n) is 3.22. The Kier molecular flexibility index (Phi) is 4.72. The first kappa shape index (κ1) is 13.7. The summed E-state index contributed by atoms with van der Waals surface area (Å²) in [6.45, 7) is 2.66. The molecule has 1 rings (SSSR count). The molecule has 5 nitrogen and oxygen atoms in total. The number of carbonyl (C=O) groups is 2. The van der Waals surface area contributed by atoms with Crippen LogP contribution in [0.15, 0.2) is 12.3 Å². The fourth-order valence-corrected chi connectivity index (χ4v) is 1.45. The van der Waals surface area contributed by atoms with E-state index in [-0.39, 0.29) is 10.8 Å². The summed E-state index contributed by atoms with van der Waals surface area (Å²) in [6, 6.07) is 1.45. The van der Waals surface area contributed by atoms with Crippen LogP contribution in [0.1, 0.15) is 13.8 Å². The van der Waals surface area contributed by atoms with Gasteiger partial charge in [-0.05, 0) is 13.0 Å². The Morgan fingerprint density at radius 3 is 2.65 bits per heavy atom.